The quantitative estimate of drug-likeness (QED) is 0.0119. The van der Waals surface area contributed by atoms with Gasteiger partial charge in [-0.1, -0.05) is 109 Å². The van der Waals surface area contributed by atoms with Gasteiger partial charge in [0.1, 0.15) is 77.7 Å². The number of fused-ring (bicyclic) bond motifs is 1. The maximum absolute atomic E-state index is 15.0. The minimum atomic E-state index is -1.89. The number of carbonyl (C=O) groups excluding carboxylic acids is 11. The third kappa shape index (κ3) is 25.6. The fourth-order valence-electron chi connectivity index (χ4n) is 11.9. The van der Waals surface area contributed by atoms with Crippen molar-refractivity contribution in [1.29, 1.82) is 0 Å². The van der Waals surface area contributed by atoms with Gasteiger partial charge >= 0.3 is 0 Å². The highest BCUT2D eigenvalue weighted by Crippen LogP contribution is 2.23. The standard InChI is InChI=1S/C74H93N17O15/c1-42(63(75)97)82-71(105)62-17-10-34-91(62)72(106)55(16-9-33-81-74(78)79)85-67(101)57(36-44-11-4-3-5-12-44)86-64(98)54(15-8-32-80-73(76)77)84-66(100)58(37-45-19-26-51(94)27-20-45)89-70(104)61(41-92)90-69(103)60(39-47-23-30-53(96)31-24-47)88-68(102)59(38-46-21-28-52(95)29-22-46)87-65(99)56(83-43(2)93)40-48-18-25-49-13-6-7-14-50(49)35-48/h3-7,11-14,18-31,35,42,54-62,92,94-96H,8-10,15-17,32-34,36-41H2,1-2H3,(H2,75,97)(H,82,105)(H,83,93)(H,84,100)(H,85,101)(H,86,98)(H,87,99)(H,88,102)(H,89,104)(H,90,103)(H4,76,77,80)(H4,78,79,81)/t42-,54-,55+,56-,57+,58+,59-,60-,61+,62+/m1/s1. The lowest BCUT2D eigenvalue weighted by Gasteiger charge is -2.30. The zero-order chi connectivity index (χ0) is 77.0. The summed E-state index contributed by atoms with van der Waals surface area (Å²) < 4.78 is 0. The molecule has 1 aliphatic rings. The molecule has 106 heavy (non-hydrogen) atoms. The highest BCUT2D eigenvalue weighted by atomic mass is 16.3. The molecule has 0 radical (unpaired) electrons. The first-order valence-electron chi connectivity index (χ1n) is 34.5. The first-order valence-corrected chi connectivity index (χ1v) is 34.5. The van der Waals surface area contributed by atoms with E-state index in [-0.39, 0.29) is 113 Å². The predicted octanol–water partition coefficient (Wildman–Crippen LogP) is -1.55. The van der Waals surface area contributed by atoms with Crippen molar-refractivity contribution in [3.8, 4) is 17.2 Å². The molecule has 32 heteroatoms. The van der Waals surface area contributed by atoms with Crippen molar-refractivity contribution in [3.05, 3.63) is 173 Å². The molecule has 1 heterocycles. The number of nitrogens with one attached hydrogen (secondary N) is 9. The monoisotopic (exact) mass is 1460 g/mol. The summed E-state index contributed by atoms with van der Waals surface area (Å²) in [6, 6.07) is 24.0. The second kappa shape index (κ2) is 39.9. The van der Waals surface area contributed by atoms with Gasteiger partial charge in [-0.25, -0.2) is 0 Å². The van der Waals surface area contributed by atoms with Crippen molar-refractivity contribution < 1.29 is 73.2 Å². The van der Waals surface area contributed by atoms with Crippen LogP contribution in [0.5, 0.6) is 17.2 Å². The predicted molar refractivity (Wildman–Crippen MR) is 393 cm³/mol. The molecule has 0 saturated carbocycles. The SMILES string of the molecule is CC(=O)N[C@H](Cc1ccc2ccccc2c1)C(=O)N[C@H](Cc1ccc(O)cc1)C(=O)N[C@H](Cc1ccc(O)cc1)C(=O)N[C@@H](CO)C(=O)N[C@@H](Cc1ccc(O)cc1)C(=O)N[C@H](CCCN=C(N)N)C(=O)N[C@@H](Cc1ccccc1)C(=O)N[C@@H](CCCN=C(N)N)C(=O)N1CCC[C@H]1C(=O)N[C@H](C)C(N)=O. The Morgan fingerprint density at radius 2 is 0.792 bits per heavy atom. The van der Waals surface area contributed by atoms with Gasteiger partial charge < -0.3 is 102 Å². The molecule has 0 spiro atoms. The smallest absolute Gasteiger partial charge is 0.245 e. The maximum atomic E-state index is 15.0. The summed E-state index contributed by atoms with van der Waals surface area (Å²) in [6.07, 6.45) is -0.558. The molecule has 23 N–H and O–H groups in total. The van der Waals surface area contributed by atoms with Gasteiger partial charge in [-0.15, -0.1) is 0 Å². The van der Waals surface area contributed by atoms with E-state index in [0.717, 1.165) is 10.8 Å². The van der Waals surface area contributed by atoms with Gasteiger partial charge in [-0.05, 0) is 120 Å². The van der Waals surface area contributed by atoms with Crippen LogP contribution >= 0.6 is 0 Å². The van der Waals surface area contributed by atoms with Crippen molar-refractivity contribution >= 4 is 87.7 Å². The number of hydrogen-bond acceptors (Lipinski definition) is 17. The van der Waals surface area contributed by atoms with Crippen LogP contribution in [0.2, 0.25) is 0 Å². The van der Waals surface area contributed by atoms with Crippen LogP contribution in [0.3, 0.4) is 0 Å². The Balaban J connectivity index is 1.15. The van der Waals surface area contributed by atoms with Gasteiger partial charge in [0.15, 0.2) is 11.9 Å². The lowest BCUT2D eigenvalue weighted by Crippen LogP contribution is -2.61. The summed E-state index contributed by atoms with van der Waals surface area (Å²) >= 11 is 0. The largest absolute Gasteiger partial charge is 0.508 e. The van der Waals surface area contributed by atoms with Gasteiger partial charge in [-0.2, -0.15) is 0 Å². The number of nitrogens with zero attached hydrogens (tertiary/aromatic N) is 3. The average molecular weight is 1460 g/mol. The molecule has 11 amide bonds. The number of phenols is 3. The minimum Gasteiger partial charge on any atom is -0.508 e. The molecular formula is C74H93N17O15. The zero-order valence-corrected chi connectivity index (χ0v) is 58.7. The second-order valence-electron chi connectivity index (χ2n) is 25.8. The van der Waals surface area contributed by atoms with E-state index in [1.807, 2.05) is 36.4 Å². The van der Waals surface area contributed by atoms with Gasteiger partial charge in [0.25, 0.3) is 0 Å². The molecule has 0 aromatic heterocycles. The third-order valence-corrected chi connectivity index (χ3v) is 17.5. The van der Waals surface area contributed by atoms with Crippen LogP contribution in [-0.2, 0) is 84.8 Å². The first kappa shape index (κ1) is 81.0. The van der Waals surface area contributed by atoms with Crippen molar-refractivity contribution in [2.45, 2.75) is 145 Å². The summed E-state index contributed by atoms with van der Waals surface area (Å²) in [4.78, 5) is 166. The molecule has 1 fully saturated rings. The molecule has 10 atom stereocenters. The molecule has 1 aliphatic heterocycles. The lowest BCUT2D eigenvalue weighted by molar-refractivity contribution is -0.142. The number of likely N-dealkylation sites (tertiary alicyclic amines) is 1. The minimum absolute atomic E-state index is 0.00313. The van der Waals surface area contributed by atoms with Crippen LogP contribution in [0.1, 0.15) is 80.2 Å². The number of phenolic OH excluding ortho intramolecular Hbond substituents is 3. The van der Waals surface area contributed by atoms with E-state index in [1.54, 1.807) is 36.4 Å². The van der Waals surface area contributed by atoms with Gasteiger partial charge in [0, 0.05) is 58.7 Å². The fourth-order valence-corrected chi connectivity index (χ4v) is 11.9. The summed E-state index contributed by atoms with van der Waals surface area (Å²) in [5.74, 6) is -10.3. The maximum Gasteiger partial charge on any atom is 0.245 e. The lowest BCUT2D eigenvalue weighted by atomic mass is 9.99. The molecule has 0 bridgehead atoms. The summed E-state index contributed by atoms with van der Waals surface area (Å²) in [7, 11) is 0. The van der Waals surface area contributed by atoms with Crippen LogP contribution in [0.25, 0.3) is 10.8 Å². The number of aliphatic hydroxyl groups is 1. The van der Waals surface area contributed by atoms with E-state index in [0.29, 0.717) is 34.2 Å². The van der Waals surface area contributed by atoms with E-state index in [4.69, 9.17) is 28.7 Å². The highest BCUT2D eigenvalue weighted by molar-refractivity contribution is 5.99. The molecule has 1 saturated heterocycles. The molecule has 32 nitrogen and oxygen atoms in total. The number of primary amides is 1. The van der Waals surface area contributed by atoms with E-state index in [1.165, 1.54) is 91.5 Å². The van der Waals surface area contributed by atoms with Crippen molar-refractivity contribution in [2.75, 3.05) is 26.2 Å². The third-order valence-electron chi connectivity index (χ3n) is 17.5. The number of aliphatic imine (C=N–C) groups is 2. The van der Waals surface area contributed by atoms with E-state index >= 15 is 4.79 Å². The van der Waals surface area contributed by atoms with Crippen molar-refractivity contribution in [3.63, 3.8) is 0 Å². The van der Waals surface area contributed by atoms with E-state index in [2.05, 4.69) is 57.8 Å². The molecule has 7 rings (SSSR count). The van der Waals surface area contributed by atoms with Crippen LogP contribution in [0.4, 0.5) is 0 Å². The number of nitrogens with two attached hydrogens (primary N) is 5. The number of guanidine groups is 2. The second-order valence-corrected chi connectivity index (χ2v) is 25.8. The van der Waals surface area contributed by atoms with Crippen molar-refractivity contribution in [1.82, 2.24) is 52.8 Å². The number of benzene rings is 6. The molecule has 564 valence electrons. The number of aromatic hydroxyl groups is 3. The number of hydrogen-bond donors (Lipinski definition) is 18. The number of amides is 11. The number of carbonyl (C=O) groups is 11. The Morgan fingerprint density at radius 3 is 1.23 bits per heavy atom. The fraction of sp³-hybridized carbons (Fsp3) is 0.365. The van der Waals surface area contributed by atoms with Crippen LogP contribution in [-0.4, -0.2) is 189 Å². The first-order chi connectivity index (χ1) is 50.6. The van der Waals surface area contributed by atoms with Crippen LogP contribution < -0.4 is 76.5 Å². The van der Waals surface area contributed by atoms with Crippen molar-refractivity contribution in [2.24, 2.45) is 38.7 Å². The topological polar surface area (TPSA) is 535 Å². The Hall–Kier alpha value is -12.3. The molecule has 0 unspecified atom stereocenters. The Labute approximate surface area is 611 Å². The Bertz CT molecular complexity index is 4100. The zero-order valence-electron chi connectivity index (χ0n) is 58.7. The molecular weight excluding hydrogens is 1370 g/mol. The molecule has 6 aromatic carbocycles. The van der Waals surface area contributed by atoms with Crippen LogP contribution in [0, 0.1) is 0 Å². The van der Waals surface area contributed by atoms with Gasteiger partial charge in [0.2, 0.25) is 65.0 Å². The summed E-state index contributed by atoms with van der Waals surface area (Å²) in [5, 5.41) is 67.2. The molecule has 6 aromatic rings. The number of rotatable bonds is 38. The summed E-state index contributed by atoms with van der Waals surface area (Å²) in [6.45, 7) is 1.59. The van der Waals surface area contributed by atoms with E-state index in [9.17, 15) is 68.4 Å². The van der Waals surface area contributed by atoms with Crippen LogP contribution in [0.15, 0.2) is 156 Å². The van der Waals surface area contributed by atoms with Gasteiger partial charge in [-0.3, -0.25) is 62.7 Å². The molecule has 0 aliphatic carbocycles. The summed E-state index contributed by atoms with van der Waals surface area (Å²) in [5.41, 5.74) is 30.3. The highest BCUT2D eigenvalue weighted by Gasteiger charge is 2.40. The van der Waals surface area contributed by atoms with E-state index < -0.39 is 132 Å². The van der Waals surface area contributed by atoms with Gasteiger partial charge in [0.05, 0.1) is 6.61 Å². The Morgan fingerprint density at radius 1 is 0.434 bits per heavy atom. The average Bonchev–Trinajstić information content (AvgIpc) is 1.64. The Kier molecular flexibility index (Phi) is 30.5. The normalized spacial score (nSPS) is 15.0. The number of aliphatic hydroxyl groups excluding tert-OH is 1.